The smallest absolute Gasteiger partial charge is 0.429 e. The average Bonchev–Trinajstić information content (AvgIpc) is 3.60. The number of amides is 3. The molecule has 9 nitrogen and oxygen atoms in total. The first-order valence-corrected chi connectivity index (χ1v) is 15.2. The summed E-state index contributed by atoms with van der Waals surface area (Å²) in [5.41, 5.74) is 3.75. The van der Waals surface area contributed by atoms with Gasteiger partial charge in [0.05, 0.1) is 17.9 Å². The molecule has 0 radical (unpaired) electrons. The van der Waals surface area contributed by atoms with E-state index < -0.39 is 6.09 Å². The maximum atomic E-state index is 13.7. The summed E-state index contributed by atoms with van der Waals surface area (Å²) in [6, 6.07) is 28.5. The molecule has 0 saturated carbocycles. The van der Waals surface area contributed by atoms with E-state index in [-0.39, 0.29) is 25.0 Å². The molecule has 1 saturated heterocycles. The molecule has 0 atom stereocenters. The highest BCUT2D eigenvalue weighted by atomic mass is 16.6. The van der Waals surface area contributed by atoms with Gasteiger partial charge < -0.3 is 9.64 Å². The first-order valence-electron chi connectivity index (χ1n) is 15.2. The van der Waals surface area contributed by atoms with Crippen LogP contribution in [-0.4, -0.2) is 65.8 Å². The Bertz CT molecular complexity index is 1550. The fraction of sp³-hybridized carbons (Fsp3) is 0.286. The van der Waals surface area contributed by atoms with E-state index >= 15 is 0 Å². The largest absolute Gasteiger partial charge is 0.446 e. The summed E-state index contributed by atoms with van der Waals surface area (Å²) >= 11 is 0. The Morgan fingerprint density at radius 1 is 0.795 bits per heavy atom. The first kappa shape index (κ1) is 30.6. The van der Waals surface area contributed by atoms with Crippen molar-refractivity contribution >= 4 is 29.3 Å². The Kier molecular flexibility index (Phi) is 10.1. The van der Waals surface area contributed by atoms with Gasteiger partial charge in [0, 0.05) is 50.1 Å². The average molecular weight is 594 g/mol. The number of carbonyl (C=O) groups excluding carboxylic acids is 3. The van der Waals surface area contributed by atoms with Crippen molar-refractivity contribution in [1.82, 2.24) is 14.6 Å². The number of hydrogen-bond donors (Lipinski definition) is 0. The van der Waals surface area contributed by atoms with Crippen molar-refractivity contribution < 1.29 is 19.1 Å². The third kappa shape index (κ3) is 7.01. The van der Waals surface area contributed by atoms with Gasteiger partial charge in [-0.2, -0.15) is 0 Å². The molecule has 3 aromatic carbocycles. The Morgan fingerprint density at radius 3 is 2.23 bits per heavy atom. The highest BCUT2D eigenvalue weighted by Crippen LogP contribution is 2.33. The van der Waals surface area contributed by atoms with E-state index in [4.69, 9.17) is 4.74 Å². The number of para-hydroxylation sites is 1. The van der Waals surface area contributed by atoms with Crippen molar-refractivity contribution in [2.45, 2.75) is 32.6 Å². The molecule has 9 heteroatoms. The van der Waals surface area contributed by atoms with Gasteiger partial charge in [0.15, 0.2) is 0 Å². The lowest BCUT2D eigenvalue weighted by Gasteiger charge is -2.37. The molecular formula is C35H39N5O4. The summed E-state index contributed by atoms with van der Waals surface area (Å²) in [6.45, 7) is 3.55. The lowest BCUT2D eigenvalue weighted by molar-refractivity contribution is -0.118. The van der Waals surface area contributed by atoms with Crippen LogP contribution in [0.15, 0.2) is 103 Å². The van der Waals surface area contributed by atoms with Gasteiger partial charge in [-0.15, -0.1) is 0 Å². The van der Waals surface area contributed by atoms with E-state index in [2.05, 4.69) is 5.01 Å². The van der Waals surface area contributed by atoms with Gasteiger partial charge in [-0.1, -0.05) is 67.9 Å². The van der Waals surface area contributed by atoms with E-state index in [1.165, 1.54) is 4.90 Å². The summed E-state index contributed by atoms with van der Waals surface area (Å²) in [6.07, 6.45) is 6.54. The molecule has 1 aliphatic rings. The van der Waals surface area contributed by atoms with Crippen molar-refractivity contribution in [3.8, 4) is 11.1 Å². The number of nitrogens with zero attached hydrogens (tertiary/aromatic N) is 5. The highest BCUT2D eigenvalue weighted by molar-refractivity contribution is 5.98. The van der Waals surface area contributed by atoms with Crippen LogP contribution >= 0.6 is 0 Å². The third-order valence-corrected chi connectivity index (χ3v) is 7.70. The number of likely N-dealkylation sites (N-methyl/N-ethyl adjacent to an activating group) is 1. The molecule has 0 unspecified atom stereocenters. The molecule has 3 amide bonds. The molecular weight excluding hydrogens is 554 g/mol. The summed E-state index contributed by atoms with van der Waals surface area (Å²) in [5, 5.41) is 5.26. The SMILES string of the molecule is CCC(=O)N(c1cccc(C(=O)N(C)CCOC(=O)N(c2ccccc2-c2ccccc2)N2CCCCC2)c1)n1cccc1. The lowest BCUT2D eigenvalue weighted by Crippen LogP contribution is -2.50. The van der Waals surface area contributed by atoms with Crippen molar-refractivity contribution in [1.29, 1.82) is 0 Å². The van der Waals surface area contributed by atoms with Crippen molar-refractivity contribution in [3.63, 3.8) is 0 Å². The van der Waals surface area contributed by atoms with Crippen LogP contribution in [-0.2, 0) is 9.53 Å². The number of benzene rings is 3. The number of piperidine rings is 1. The number of hydrogen-bond acceptors (Lipinski definition) is 5. The molecule has 0 spiro atoms. The molecule has 0 aliphatic carbocycles. The second-order valence-electron chi connectivity index (χ2n) is 10.7. The normalized spacial score (nSPS) is 13.2. The zero-order valence-electron chi connectivity index (χ0n) is 25.3. The first-order chi connectivity index (χ1) is 21.5. The van der Waals surface area contributed by atoms with Gasteiger partial charge in [-0.05, 0) is 54.8 Å². The van der Waals surface area contributed by atoms with Crippen LogP contribution in [0.3, 0.4) is 0 Å². The van der Waals surface area contributed by atoms with E-state index in [1.54, 1.807) is 65.3 Å². The molecule has 2 heterocycles. The molecule has 1 fully saturated rings. The lowest BCUT2D eigenvalue weighted by atomic mass is 10.0. The predicted molar refractivity (Wildman–Crippen MR) is 172 cm³/mol. The quantitative estimate of drug-likeness (QED) is 0.210. The van der Waals surface area contributed by atoms with E-state index in [9.17, 15) is 14.4 Å². The van der Waals surface area contributed by atoms with Crippen LogP contribution < -0.4 is 10.0 Å². The van der Waals surface area contributed by atoms with Gasteiger partial charge in [0.1, 0.15) is 6.61 Å². The van der Waals surface area contributed by atoms with Crippen LogP contribution in [0.25, 0.3) is 11.1 Å². The third-order valence-electron chi connectivity index (χ3n) is 7.70. The minimum atomic E-state index is -0.474. The topological polar surface area (TPSA) is 78.3 Å². The molecule has 5 rings (SSSR count). The highest BCUT2D eigenvalue weighted by Gasteiger charge is 2.28. The van der Waals surface area contributed by atoms with Gasteiger partial charge in [-0.25, -0.2) is 19.8 Å². The molecule has 44 heavy (non-hydrogen) atoms. The minimum Gasteiger partial charge on any atom is -0.446 e. The standard InChI is InChI=1S/C35H39N5O4/c1-3-33(41)39(37-23-12-13-24-37)30-18-14-17-29(27-30)34(42)36(2)25-26-44-35(43)40(38-21-10-5-11-22-38)32-20-9-8-19-31(32)28-15-6-4-7-16-28/h4,6-9,12-20,23-24,27H,3,5,10-11,21-22,25-26H2,1-2H3. The fourth-order valence-electron chi connectivity index (χ4n) is 5.40. The molecule has 4 aromatic rings. The Balaban J connectivity index is 1.28. The molecule has 0 N–H and O–H groups in total. The van der Waals surface area contributed by atoms with Crippen LogP contribution in [0.2, 0.25) is 0 Å². The summed E-state index contributed by atoms with van der Waals surface area (Å²) in [5.74, 6) is -0.334. The minimum absolute atomic E-state index is 0.0302. The Hall–Kier alpha value is -4.89. The molecule has 1 aliphatic heterocycles. The summed E-state index contributed by atoms with van der Waals surface area (Å²) in [7, 11) is 1.68. The number of hydrazine groups is 1. The number of anilines is 2. The summed E-state index contributed by atoms with van der Waals surface area (Å²) < 4.78 is 7.51. The molecule has 228 valence electrons. The van der Waals surface area contributed by atoms with Crippen LogP contribution in [0.4, 0.5) is 16.2 Å². The zero-order valence-corrected chi connectivity index (χ0v) is 25.3. The maximum Gasteiger partial charge on any atom is 0.429 e. The van der Waals surface area contributed by atoms with Crippen LogP contribution in [0.1, 0.15) is 43.0 Å². The van der Waals surface area contributed by atoms with Crippen LogP contribution in [0.5, 0.6) is 0 Å². The van der Waals surface area contributed by atoms with E-state index in [0.717, 1.165) is 49.2 Å². The van der Waals surface area contributed by atoms with Gasteiger partial charge in [0.2, 0.25) is 5.91 Å². The maximum absolute atomic E-state index is 13.7. The predicted octanol–water partition coefficient (Wildman–Crippen LogP) is 6.48. The van der Waals surface area contributed by atoms with Crippen molar-refractivity contribution in [2.24, 2.45) is 0 Å². The Labute approximate surface area is 258 Å². The fourth-order valence-corrected chi connectivity index (χ4v) is 5.40. The van der Waals surface area contributed by atoms with E-state index in [0.29, 0.717) is 17.7 Å². The van der Waals surface area contributed by atoms with Crippen LogP contribution in [0, 0.1) is 0 Å². The number of carbonyl (C=O) groups is 3. The van der Waals surface area contributed by atoms with Crippen molar-refractivity contribution in [2.75, 3.05) is 43.3 Å². The Morgan fingerprint density at radius 2 is 1.50 bits per heavy atom. The second kappa shape index (κ2) is 14.5. The molecule has 1 aromatic heterocycles. The van der Waals surface area contributed by atoms with Gasteiger partial charge in [-0.3, -0.25) is 14.3 Å². The second-order valence-corrected chi connectivity index (χ2v) is 10.7. The number of rotatable bonds is 10. The number of ether oxygens (including phenoxy) is 1. The zero-order chi connectivity index (χ0) is 30.9. The number of aromatic nitrogens is 1. The molecule has 0 bridgehead atoms. The van der Waals surface area contributed by atoms with E-state index in [1.807, 2.05) is 66.7 Å². The monoisotopic (exact) mass is 593 g/mol. The van der Waals surface area contributed by atoms with Gasteiger partial charge in [0.25, 0.3) is 5.91 Å². The van der Waals surface area contributed by atoms with Crippen molar-refractivity contribution in [3.05, 3.63) is 109 Å². The summed E-state index contributed by atoms with van der Waals surface area (Å²) in [4.78, 5) is 41.4. The van der Waals surface area contributed by atoms with Gasteiger partial charge >= 0.3 is 6.09 Å².